The molecule has 10 heteroatoms. The van der Waals surface area contributed by atoms with Gasteiger partial charge in [-0.05, 0) is 54.1 Å². The highest BCUT2D eigenvalue weighted by molar-refractivity contribution is 5.95. The third-order valence-electron chi connectivity index (χ3n) is 5.27. The maximum Gasteiger partial charge on any atom is 0.416 e. The van der Waals surface area contributed by atoms with Crippen LogP contribution in [0.25, 0.3) is 11.3 Å². The van der Waals surface area contributed by atoms with Gasteiger partial charge in [0.05, 0.1) is 11.3 Å². The van der Waals surface area contributed by atoms with E-state index in [1.165, 1.54) is 19.1 Å². The largest absolute Gasteiger partial charge is 0.416 e. The Morgan fingerprint density at radius 1 is 0.892 bits per heavy atom. The summed E-state index contributed by atoms with van der Waals surface area (Å²) in [6.45, 7) is 1.52. The number of benzene rings is 3. The van der Waals surface area contributed by atoms with Crippen LogP contribution in [0, 0.1) is 0 Å². The molecule has 0 unspecified atom stereocenters. The Morgan fingerprint density at radius 2 is 1.62 bits per heavy atom. The lowest BCUT2D eigenvalue weighted by Crippen LogP contribution is -2.22. The first kappa shape index (κ1) is 25.4. The van der Waals surface area contributed by atoms with Crippen molar-refractivity contribution in [3.63, 3.8) is 0 Å². The maximum absolute atomic E-state index is 12.7. The number of nitrogens with zero attached hydrogens (tertiary/aromatic N) is 2. The standard InChI is InChI=1S/C27H22F3N5O2/c1-17(36)33-22-11-7-19(8-12-22)24-13-14-31-26(35-24)34-23-4-2-3-20(15-23)25(37)32-16-18-5-9-21(10-6-18)27(28,29)30/h2-15H,16H2,1H3,(H,32,37)(H,33,36)(H,31,34,35). The smallest absolute Gasteiger partial charge is 0.348 e. The number of nitrogens with one attached hydrogen (secondary N) is 3. The van der Waals surface area contributed by atoms with E-state index in [9.17, 15) is 22.8 Å². The van der Waals surface area contributed by atoms with Gasteiger partial charge in [-0.2, -0.15) is 13.2 Å². The second-order valence-electron chi connectivity index (χ2n) is 8.11. The molecule has 188 valence electrons. The van der Waals surface area contributed by atoms with Crippen LogP contribution in [0.2, 0.25) is 0 Å². The topological polar surface area (TPSA) is 96.0 Å². The molecule has 7 nitrogen and oxygen atoms in total. The molecule has 3 aromatic carbocycles. The SMILES string of the molecule is CC(=O)Nc1ccc(-c2ccnc(Nc3cccc(C(=O)NCc4ccc(C(F)(F)F)cc4)c3)n2)cc1. The van der Waals surface area contributed by atoms with E-state index in [4.69, 9.17) is 0 Å². The fourth-order valence-corrected chi connectivity index (χ4v) is 3.47. The van der Waals surface area contributed by atoms with Crippen LogP contribution in [0.15, 0.2) is 85.1 Å². The fraction of sp³-hybridized carbons (Fsp3) is 0.111. The average molecular weight is 506 g/mol. The van der Waals surface area contributed by atoms with Gasteiger partial charge in [-0.25, -0.2) is 9.97 Å². The lowest BCUT2D eigenvalue weighted by molar-refractivity contribution is -0.137. The first-order chi connectivity index (χ1) is 17.7. The van der Waals surface area contributed by atoms with Crippen LogP contribution in [-0.2, 0) is 17.5 Å². The number of anilines is 3. The van der Waals surface area contributed by atoms with E-state index in [2.05, 4.69) is 25.9 Å². The van der Waals surface area contributed by atoms with E-state index in [0.717, 1.165) is 17.7 Å². The number of hydrogen-bond donors (Lipinski definition) is 3. The highest BCUT2D eigenvalue weighted by atomic mass is 19.4. The molecule has 0 aliphatic rings. The molecule has 0 saturated heterocycles. The first-order valence-corrected chi connectivity index (χ1v) is 11.2. The van der Waals surface area contributed by atoms with Crippen molar-refractivity contribution in [1.29, 1.82) is 0 Å². The Labute approximate surface area is 210 Å². The Hall–Kier alpha value is -4.73. The molecule has 0 aliphatic carbocycles. The highest BCUT2D eigenvalue weighted by Crippen LogP contribution is 2.29. The first-order valence-electron chi connectivity index (χ1n) is 11.2. The molecule has 3 N–H and O–H groups in total. The van der Waals surface area contributed by atoms with Crippen molar-refractivity contribution in [3.8, 4) is 11.3 Å². The lowest BCUT2D eigenvalue weighted by Gasteiger charge is -2.10. The van der Waals surface area contributed by atoms with Gasteiger partial charge in [-0.15, -0.1) is 0 Å². The van der Waals surface area contributed by atoms with Gasteiger partial charge in [0.15, 0.2) is 0 Å². The number of carbonyl (C=O) groups excluding carboxylic acids is 2. The van der Waals surface area contributed by atoms with Crippen LogP contribution in [0.3, 0.4) is 0 Å². The molecule has 0 saturated carbocycles. The van der Waals surface area contributed by atoms with Gasteiger partial charge in [0.2, 0.25) is 11.9 Å². The van der Waals surface area contributed by atoms with Crippen molar-refractivity contribution < 1.29 is 22.8 Å². The Kier molecular flexibility index (Phi) is 7.47. The zero-order chi connectivity index (χ0) is 26.4. The summed E-state index contributed by atoms with van der Waals surface area (Å²) in [5, 5.41) is 8.49. The fourth-order valence-electron chi connectivity index (χ4n) is 3.47. The normalized spacial score (nSPS) is 11.0. The van der Waals surface area contributed by atoms with E-state index in [0.29, 0.717) is 34.1 Å². The van der Waals surface area contributed by atoms with Crippen molar-refractivity contribution in [2.75, 3.05) is 10.6 Å². The molecule has 0 spiro atoms. The van der Waals surface area contributed by atoms with Crippen LogP contribution in [0.1, 0.15) is 28.4 Å². The average Bonchev–Trinajstić information content (AvgIpc) is 2.87. The van der Waals surface area contributed by atoms with Crippen molar-refractivity contribution in [2.24, 2.45) is 0 Å². The molecule has 4 rings (SSSR count). The predicted molar refractivity (Wildman–Crippen MR) is 134 cm³/mol. The van der Waals surface area contributed by atoms with E-state index in [1.54, 1.807) is 48.7 Å². The summed E-state index contributed by atoms with van der Waals surface area (Å²) in [6, 6.07) is 20.3. The molecule has 1 aromatic heterocycles. The van der Waals surface area contributed by atoms with Crippen molar-refractivity contribution in [3.05, 3.63) is 102 Å². The Morgan fingerprint density at radius 3 is 2.30 bits per heavy atom. The number of aromatic nitrogens is 2. The van der Waals surface area contributed by atoms with E-state index in [1.807, 2.05) is 12.1 Å². The van der Waals surface area contributed by atoms with Gasteiger partial charge in [0, 0.05) is 42.2 Å². The predicted octanol–water partition coefficient (Wildman–Crippen LogP) is 5.79. The van der Waals surface area contributed by atoms with Gasteiger partial charge in [-0.3, -0.25) is 9.59 Å². The minimum Gasteiger partial charge on any atom is -0.348 e. The minimum atomic E-state index is -4.41. The van der Waals surface area contributed by atoms with Crippen molar-refractivity contribution in [2.45, 2.75) is 19.6 Å². The zero-order valence-corrected chi connectivity index (χ0v) is 19.6. The van der Waals surface area contributed by atoms with Gasteiger partial charge < -0.3 is 16.0 Å². The summed E-state index contributed by atoms with van der Waals surface area (Å²) in [6.07, 6.45) is -2.80. The molecule has 2 amide bonds. The molecular weight excluding hydrogens is 483 g/mol. The van der Waals surface area contributed by atoms with Crippen LogP contribution in [-0.4, -0.2) is 21.8 Å². The van der Waals surface area contributed by atoms with Crippen molar-refractivity contribution >= 4 is 29.1 Å². The van der Waals surface area contributed by atoms with Crippen LogP contribution < -0.4 is 16.0 Å². The number of amides is 2. The second kappa shape index (κ2) is 10.9. The molecule has 0 fully saturated rings. The van der Waals surface area contributed by atoms with Crippen LogP contribution in [0.5, 0.6) is 0 Å². The highest BCUT2D eigenvalue weighted by Gasteiger charge is 2.29. The number of hydrogen-bond acceptors (Lipinski definition) is 5. The van der Waals surface area contributed by atoms with Crippen LogP contribution >= 0.6 is 0 Å². The van der Waals surface area contributed by atoms with E-state index < -0.39 is 11.7 Å². The lowest BCUT2D eigenvalue weighted by atomic mass is 10.1. The zero-order valence-electron chi connectivity index (χ0n) is 19.6. The van der Waals surface area contributed by atoms with Crippen LogP contribution in [0.4, 0.5) is 30.5 Å². The summed E-state index contributed by atoms with van der Waals surface area (Å²) < 4.78 is 38.1. The molecule has 0 bridgehead atoms. The van der Waals surface area contributed by atoms with Gasteiger partial charge in [0.1, 0.15) is 0 Å². The monoisotopic (exact) mass is 505 g/mol. The molecule has 37 heavy (non-hydrogen) atoms. The minimum absolute atomic E-state index is 0.0838. The van der Waals surface area contributed by atoms with Gasteiger partial charge in [-0.1, -0.05) is 30.3 Å². The Bertz CT molecular complexity index is 1400. The molecular formula is C27H22F3N5O2. The summed E-state index contributed by atoms with van der Waals surface area (Å²) in [7, 11) is 0. The number of carbonyl (C=O) groups is 2. The summed E-state index contributed by atoms with van der Waals surface area (Å²) in [4.78, 5) is 32.5. The van der Waals surface area contributed by atoms with Gasteiger partial charge >= 0.3 is 6.18 Å². The van der Waals surface area contributed by atoms with E-state index in [-0.39, 0.29) is 18.4 Å². The quantitative estimate of drug-likeness (QED) is 0.295. The maximum atomic E-state index is 12.7. The third-order valence-corrected chi connectivity index (χ3v) is 5.27. The molecule has 0 aliphatic heterocycles. The molecule has 4 aromatic rings. The van der Waals surface area contributed by atoms with Crippen molar-refractivity contribution in [1.82, 2.24) is 15.3 Å². The summed E-state index contributed by atoms with van der Waals surface area (Å²) >= 11 is 0. The number of halogens is 3. The molecule has 0 radical (unpaired) electrons. The second-order valence-corrected chi connectivity index (χ2v) is 8.11. The Balaban J connectivity index is 1.40. The number of alkyl halides is 3. The van der Waals surface area contributed by atoms with E-state index >= 15 is 0 Å². The summed E-state index contributed by atoms with van der Waals surface area (Å²) in [5.74, 6) is -0.208. The summed E-state index contributed by atoms with van der Waals surface area (Å²) in [5.41, 5.74) is 2.92. The molecule has 1 heterocycles. The number of rotatable bonds is 7. The third kappa shape index (κ3) is 6.91. The van der Waals surface area contributed by atoms with Gasteiger partial charge in [0.25, 0.3) is 5.91 Å². The molecule has 0 atom stereocenters.